The van der Waals surface area contributed by atoms with Crippen LogP contribution in [0.3, 0.4) is 0 Å². The highest BCUT2D eigenvalue weighted by atomic mass is 32.2. The van der Waals surface area contributed by atoms with Crippen LogP contribution < -0.4 is 49.1 Å². The van der Waals surface area contributed by atoms with Crippen molar-refractivity contribution in [2.45, 2.75) is 25.0 Å². The van der Waals surface area contributed by atoms with Gasteiger partial charge in [0.25, 0.3) is 5.91 Å². The van der Waals surface area contributed by atoms with Crippen LogP contribution in [0, 0.1) is 0 Å². The normalized spacial score (nSPS) is 11.7. The fourth-order valence-electron chi connectivity index (χ4n) is 3.17. The first-order chi connectivity index (χ1) is 21.0. The van der Waals surface area contributed by atoms with Gasteiger partial charge in [-0.2, -0.15) is 0 Å². The minimum Gasteiger partial charge on any atom is -0.370 e. The van der Waals surface area contributed by atoms with E-state index in [2.05, 4.69) is 36.9 Å². The number of guanidine groups is 1. The third kappa shape index (κ3) is 16.6. The van der Waals surface area contributed by atoms with E-state index in [0.717, 1.165) is 17.3 Å². The molecule has 0 aliphatic heterocycles. The van der Waals surface area contributed by atoms with Gasteiger partial charge in [-0.3, -0.25) is 28.8 Å². The first-order valence-corrected chi connectivity index (χ1v) is 15.9. The van der Waals surface area contributed by atoms with Gasteiger partial charge in [0.1, 0.15) is 6.04 Å². The van der Waals surface area contributed by atoms with Gasteiger partial charge in [-0.15, -0.1) is 23.5 Å². The summed E-state index contributed by atoms with van der Waals surface area (Å²) in [5.74, 6) is -1.94. The van der Waals surface area contributed by atoms with Gasteiger partial charge in [-0.1, -0.05) is 12.1 Å². The van der Waals surface area contributed by atoms with Gasteiger partial charge in [-0.05, 0) is 24.1 Å². The molecule has 16 nitrogen and oxygen atoms in total. The molecule has 0 radical (unpaired) electrons. The van der Waals surface area contributed by atoms with Crippen molar-refractivity contribution >= 4 is 64.9 Å². The summed E-state index contributed by atoms with van der Waals surface area (Å²) < 4.78 is 0. The van der Waals surface area contributed by atoms with Crippen LogP contribution >= 0.6 is 23.5 Å². The molecule has 1 rings (SSSR count). The standard InChI is InChI=1S/C26H42N10O6S2/c1-30-21(38)14-43-12-18(27)24(41)34-11-20(37)36-19(13-44-15-22(39)31-2)25(42)33-9-3-8-32-23(40)17-6-4-16(5-7-17)10-35-26(28)29/h4-7,18-19H,3,8-15,27H2,1-2H3,(H,30,38)(H,31,39)(H,32,40)(H,33,42)(H,34,41)(H,36,37)(H4,28,29,35). The van der Waals surface area contributed by atoms with Gasteiger partial charge in [0, 0.05) is 44.3 Å². The third-order valence-corrected chi connectivity index (χ3v) is 7.71. The molecule has 0 saturated heterocycles. The Morgan fingerprint density at radius 1 is 0.795 bits per heavy atom. The van der Waals surface area contributed by atoms with E-state index in [4.69, 9.17) is 17.2 Å². The first kappa shape index (κ1) is 38.0. The Balaban J connectivity index is 2.52. The van der Waals surface area contributed by atoms with Crippen molar-refractivity contribution in [2.75, 3.05) is 56.7 Å². The SMILES string of the molecule is CNC(=O)CSCC(N)C(=O)NCC(=O)NC(CSCC(=O)NC)C(=O)NCCCNC(=O)c1ccc(CN=C(N)N)cc1. The van der Waals surface area contributed by atoms with Crippen LogP contribution in [0.2, 0.25) is 0 Å². The van der Waals surface area contributed by atoms with Crippen molar-refractivity contribution in [1.82, 2.24) is 31.9 Å². The summed E-state index contributed by atoms with van der Waals surface area (Å²) in [5.41, 5.74) is 17.7. The van der Waals surface area contributed by atoms with Crippen molar-refractivity contribution in [3.63, 3.8) is 0 Å². The van der Waals surface area contributed by atoms with Crippen molar-refractivity contribution in [3.05, 3.63) is 35.4 Å². The van der Waals surface area contributed by atoms with Crippen LogP contribution in [-0.2, 0) is 30.5 Å². The number of carbonyl (C=O) groups is 6. The first-order valence-electron chi connectivity index (χ1n) is 13.6. The highest BCUT2D eigenvalue weighted by Gasteiger charge is 2.22. The molecule has 44 heavy (non-hydrogen) atoms. The van der Waals surface area contributed by atoms with Crippen LogP contribution in [0.15, 0.2) is 29.3 Å². The average molecular weight is 655 g/mol. The molecule has 18 heteroatoms. The number of benzene rings is 1. The van der Waals surface area contributed by atoms with Gasteiger partial charge in [-0.25, -0.2) is 4.99 Å². The van der Waals surface area contributed by atoms with Crippen LogP contribution in [0.5, 0.6) is 0 Å². The van der Waals surface area contributed by atoms with Crippen molar-refractivity contribution in [1.29, 1.82) is 0 Å². The molecule has 1 aromatic carbocycles. The predicted molar refractivity (Wildman–Crippen MR) is 172 cm³/mol. The molecule has 0 aliphatic rings. The number of amides is 6. The van der Waals surface area contributed by atoms with Crippen LogP contribution in [-0.4, -0.2) is 110 Å². The topological polar surface area (TPSA) is 265 Å². The Hall–Kier alpha value is -4.03. The van der Waals surface area contributed by atoms with E-state index < -0.39 is 36.3 Å². The number of aliphatic imine (C=N–C) groups is 1. The fourth-order valence-corrected chi connectivity index (χ4v) is 4.94. The van der Waals surface area contributed by atoms with Crippen molar-refractivity contribution < 1.29 is 28.8 Å². The average Bonchev–Trinajstić information content (AvgIpc) is 3.01. The molecule has 2 atom stereocenters. The molecule has 0 bridgehead atoms. The Kier molecular flexibility index (Phi) is 18.7. The number of hydrogen-bond donors (Lipinski definition) is 9. The molecule has 0 fully saturated rings. The number of nitrogens with zero attached hydrogens (tertiary/aromatic N) is 1. The number of nitrogens with one attached hydrogen (secondary N) is 6. The van der Waals surface area contributed by atoms with Gasteiger partial charge >= 0.3 is 0 Å². The molecule has 6 amide bonds. The van der Waals surface area contributed by atoms with Gasteiger partial charge in [0.2, 0.25) is 29.5 Å². The second kappa shape index (κ2) is 21.6. The van der Waals surface area contributed by atoms with Crippen LogP contribution in [0.25, 0.3) is 0 Å². The lowest BCUT2D eigenvalue weighted by atomic mass is 10.1. The molecule has 2 unspecified atom stereocenters. The maximum atomic E-state index is 12.8. The lowest BCUT2D eigenvalue weighted by Gasteiger charge is -2.19. The highest BCUT2D eigenvalue weighted by molar-refractivity contribution is 8.00. The van der Waals surface area contributed by atoms with Gasteiger partial charge < -0.3 is 49.1 Å². The van der Waals surface area contributed by atoms with Crippen LogP contribution in [0.4, 0.5) is 0 Å². The number of rotatable bonds is 20. The van der Waals surface area contributed by atoms with E-state index >= 15 is 0 Å². The minimum absolute atomic E-state index is 0.0216. The third-order valence-electron chi connectivity index (χ3n) is 5.62. The number of nitrogens with two attached hydrogens (primary N) is 3. The smallest absolute Gasteiger partial charge is 0.251 e. The second-order valence-electron chi connectivity index (χ2n) is 9.16. The molecule has 0 saturated carbocycles. The van der Waals surface area contributed by atoms with E-state index in [-0.39, 0.29) is 59.8 Å². The minimum atomic E-state index is -0.988. The maximum absolute atomic E-state index is 12.8. The molecule has 1 aromatic rings. The van der Waals surface area contributed by atoms with Crippen LogP contribution in [0.1, 0.15) is 22.3 Å². The monoisotopic (exact) mass is 654 g/mol. The number of thioether (sulfide) groups is 2. The molecule has 0 spiro atoms. The summed E-state index contributed by atoms with van der Waals surface area (Å²) >= 11 is 2.33. The zero-order valence-corrected chi connectivity index (χ0v) is 26.4. The summed E-state index contributed by atoms with van der Waals surface area (Å²) in [6, 6.07) is 4.87. The molecule has 0 aromatic heterocycles. The summed E-state index contributed by atoms with van der Waals surface area (Å²) in [6.07, 6.45) is 0.415. The van der Waals surface area contributed by atoms with Crippen molar-refractivity contribution in [2.24, 2.45) is 22.2 Å². The quantitative estimate of drug-likeness (QED) is 0.0380. The van der Waals surface area contributed by atoms with E-state index in [9.17, 15) is 28.8 Å². The molecule has 12 N–H and O–H groups in total. The predicted octanol–water partition coefficient (Wildman–Crippen LogP) is -3.42. The summed E-state index contributed by atoms with van der Waals surface area (Å²) in [5, 5.41) is 15.4. The van der Waals surface area contributed by atoms with E-state index in [0.29, 0.717) is 18.5 Å². The summed E-state index contributed by atoms with van der Waals surface area (Å²) in [7, 11) is 2.99. The van der Waals surface area contributed by atoms with Crippen molar-refractivity contribution in [3.8, 4) is 0 Å². The molecule has 0 heterocycles. The Morgan fingerprint density at radius 3 is 1.98 bits per heavy atom. The summed E-state index contributed by atoms with van der Waals surface area (Å²) in [6.45, 7) is 0.379. The second-order valence-corrected chi connectivity index (χ2v) is 11.2. The number of hydrogen-bond acceptors (Lipinski definition) is 10. The lowest BCUT2D eigenvalue weighted by Crippen LogP contribution is -2.52. The molecular weight excluding hydrogens is 612 g/mol. The molecule has 244 valence electrons. The zero-order valence-electron chi connectivity index (χ0n) is 24.8. The molecule has 0 aliphatic carbocycles. The van der Waals surface area contributed by atoms with E-state index in [1.807, 2.05) is 0 Å². The largest absolute Gasteiger partial charge is 0.370 e. The van der Waals surface area contributed by atoms with E-state index in [1.165, 1.54) is 25.9 Å². The van der Waals surface area contributed by atoms with Gasteiger partial charge in [0.05, 0.1) is 30.6 Å². The number of carbonyl (C=O) groups excluding carboxylic acids is 6. The highest BCUT2D eigenvalue weighted by Crippen LogP contribution is 2.06. The fraction of sp³-hybridized carbons (Fsp3) is 0.500. The zero-order chi connectivity index (χ0) is 32.9. The lowest BCUT2D eigenvalue weighted by molar-refractivity contribution is -0.129. The Labute approximate surface area is 264 Å². The summed E-state index contributed by atoms with van der Waals surface area (Å²) in [4.78, 5) is 76.7. The van der Waals surface area contributed by atoms with Gasteiger partial charge in [0.15, 0.2) is 5.96 Å². The maximum Gasteiger partial charge on any atom is 0.251 e. The molecular formula is C26H42N10O6S2. The Morgan fingerprint density at radius 2 is 1.39 bits per heavy atom. The Bertz CT molecular complexity index is 1150. The van der Waals surface area contributed by atoms with E-state index in [1.54, 1.807) is 24.3 Å².